The van der Waals surface area contributed by atoms with E-state index in [1.807, 2.05) is 6.92 Å². The van der Waals surface area contributed by atoms with Crippen LogP contribution in [0.1, 0.15) is 28.3 Å². The number of fused-ring (bicyclic) bond motifs is 1. The van der Waals surface area contributed by atoms with Gasteiger partial charge in [0.1, 0.15) is 17.6 Å². The van der Waals surface area contributed by atoms with E-state index in [2.05, 4.69) is 20.9 Å². The number of nitrogens with two attached hydrogens (primary N) is 1. The number of piperidine rings is 1. The lowest BCUT2D eigenvalue weighted by Gasteiger charge is -2.24. The summed E-state index contributed by atoms with van der Waals surface area (Å²) >= 11 is 4.55. The topological polar surface area (TPSA) is 76.3 Å². The molecule has 8 heteroatoms. The molecule has 5 nitrogen and oxygen atoms in total. The number of carbonyl (C=O) groups excluding carboxylic acids is 2. The lowest BCUT2D eigenvalue weighted by molar-refractivity contribution is -0.122. The van der Waals surface area contributed by atoms with Gasteiger partial charge >= 0.3 is 0 Å². The predicted molar refractivity (Wildman–Crippen MR) is 95.6 cm³/mol. The molecular formula is C17H15BrFN3O2S. The first-order chi connectivity index (χ1) is 11.9. The first-order valence-electron chi connectivity index (χ1n) is 7.91. The zero-order valence-corrected chi connectivity index (χ0v) is 15.7. The molecule has 130 valence electrons. The largest absolute Gasteiger partial charge is 0.368 e. The molecule has 0 radical (unpaired) electrons. The van der Waals surface area contributed by atoms with Gasteiger partial charge in [-0.05, 0) is 59.3 Å². The minimum Gasteiger partial charge on any atom is -0.368 e. The SMILES string of the molecule is Cc1nc(C(=O)N2[C@H](C(N)=O)C[C@H]3C[C@@H]32)c(-c2ccc(F)c(Br)c2)s1. The van der Waals surface area contributed by atoms with Gasteiger partial charge in [0.15, 0.2) is 0 Å². The number of likely N-dealkylation sites (tertiary alicyclic amines) is 1. The summed E-state index contributed by atoms with van der Waals surface area (Å²) in [6, 6.07) is 4.13. The van der Waals surface area contributed by atoms with E-state index < -0.39 is 11.9 Å². The average molecular weight is 424 g/mol. The number of amides is 2. The summed E-state index contributed by atoms with van der Waals surface area (Å²) in [5.74, 6) is -0.746. The molecule has 1 aromatic carbocycles. The van der Waals surface area contributed by atoms with E-state index in [1.165, 1.54) is 17.4 Å². The molecule has 0 unspecified atom stereocenters. The van der Waals surface area contributed by atoms with Crippen LogP contribution in [0.25, 0.3) is 10.4 Å². The van der Waals surface area contributed by atoms with Crippen LogP contribution in [-0.4, -0.2) is 33.8 Å². The molecule has 0 spiro atoms. The van der Waals surface area contributed by atoms with Crippen LogP contribution in [0.5, 0.6) is 0 Å². The van der Waals surface area contributed by atoms with Gasteiger partial charge in [-0.15, -0.1) is 11.3 Å². The maximum absolute atomic E-state index is 13.5. The lowest BCUT2D eigenvalue weighted by Crippen LogP contribution is -2.46. The van der Waals surface area contributed by atoms with Crippen LogP contribution in [0, 0.1) is 18.7 Å². The van der Waals surface area contributed by atoms with E-state index >= 15 is 0 Å². The van der Waals surface area contributed by atoms with Crippen molar-refractivity contribution in [2.75, 3.05) is 0 Å². The van der Waals surface area contributed by atoms with Crippen molar-refractivity contribution >= 4 is 39.1 Å². The second kappa shape index (κ2) is 5.88. The molecule has 2 aromatic rings. The summed E-state index contributed by atoms with van der Waals surface area (Å²) in [7, 11) is 0. The maximum atomic E-state index is 13.5. The normalized spacial score (nSPS) is 24.3. The van der Waals surface area contributed by atoms with Gasteiger partial charge in [-0.1, -0.05) is 6.07 Å². The van der Waals surface area contributed by atoms with Crippen molar-refractivity contribution in [3.63, 3.8) is 0 Å². The van der Waals surface area contributed by atoms with Crippen LogP contribution in [0.2, 0.25) is 0 Å². The number of nitrogens with zero attached hydrogens (tertiary/aromatic N) is 2. The van der Waals surface area contributed by atoms with Crippen molar-refractivity contribution in [3.8, 4) is 10.4 Å². The lowest BCUT2D eigenvalue weighted by atomic mass is 10.1. The van der Waals surface area contributed by atoms with E-state index in [-0.39, 0.29) is 17.8 Å². The molecule has 2 N–H and O–H groups in total. The third-order valence-electron chi connectivity index (χ3n) is 4.79. The van der Waals surface area contributed by atoms with Crippen molar-refractivity contribution in [3.05, 3.63) is 39.2 Å². The molecular weight excluding hydrogens is 409 g/mol. The number of rotatable bonds is 3. The highest BCUT2D eigenvalue weighted by atomic mass is 79.9. The van der Waals surface area contributed by atoms with Gasteiger partial charge in [-0.25, -0.2) is 9.37 Å². The number of carbonyl (C=O) groups is 2. The molecule has 2 amide bonds. The molecule has 4 rings (SSSR count). The number of primary amides is 1. The zero-order valence-electron chi connectivity index (χ0n) is 13.3. The summed E-state index contributed by atoms with van der Waals surface area (Å²) in [6.07, 6.45) is 1.54. The standard InChI is InChI=1S/C17H15BrFN3O2S/c1-7-21-14(15(25-7)8-2-3-11(19)10(18)4-8)17(24)22-12-5-9(12)6-13(22)16(20)23/h2-4,9,12-13H,5-6H2,1H3,(H2,20,23)/t9-,12+,13+/m1/s1. The Morgan fingerprint density at radius 2 is 2.16 bits per heavy atom. The van der Waals surface area contributed by atoms with Gasteiger partial charge in [-0.3, -0.25) is 9.59 Å². The zero-order chi connectivity index (χ0) is 17.9. The summed E-state index contributed by atoms with van der Waals surface area (Å²) in [5.41, 5.74) is 6.50. The molecule has 3 atom stereocenters. The highest BCUT2D eigenvalue weighted by molar-refractivity contribution is 9.10. The maximum Gasteiger partial charge on any atom is 0.274 e. The Labute approximate surface area is 156 Å². The molecule has 1 saturated carbocycles. The first kappa shape index (κ1) is 16.7. The number of hydrogen-bond donors (Lipinski definition) is 1. The van der Waals surface area contributed by atoms with Gasteiger partial charge in [0.2, 0.25) is 5.91 Å². The molecule has 2 heterocycles. The van der Waals surface area contributed by atoms with Crippen molar-refractivity contribution in [2.24, 2.45) is 11.7 Å². The molecule has 2 fully saturated rings. The van der Waals surface area contributed by atoms with Crippen LogP contribution in [0.15, 0.2) is 22.7 Å². The molecule has 1 aliphatic carbocycles. The fourth-order valence-electron chi connectivity index (χ4n) is 3.53. The van der Waals surface area contributed by atoms with Gasteiger partial charge in [0.25, 0.3) is 5.91 Å². The fraction of sp³-hybridized carbons (Fsp3) is 0.353. The Morgan fingerprint density at radius 3 is 2.84 bits per heavy atom. The Hall–Kier alpha value is -1.80. The van der Waals surface area contributed by atoms with Crippen molar-refractivity contribution < 1.29 is 14.0 Å². The van der Waals surface area contributed by atoms with E-state index in [0.717, 1.165) is 11.4 Å². The van der Waals surface area contributed by atoms with Crippen LogP contribution >= 0.6 is 27.3 Å². The van der Waals surface area contributed by atoms with E-state index in [1.54, 1.807) is 17.0 Å². The second-order valence-corrected chi connectivity index (χ2v) is 8.53. The molecule has 1 saturated heterocycles. The van der Waals surface area contributed by atoms with Crippen molar-refractivity contribution in [1.29, 1.82) is 0 Å². The Bertz CT molecular complexity index is 900. The van der Waals surface area contributed by atoms with Crippen LogP contribution < -0.4 is 5.73 Å². The molecule has 0 bridgehead atoms. The third kappa shape index (κ3) is 2.77. The van der Waals surface area contributed by atoms with Gasteiger partial charge in [0, 0.05) is 6.04 Å². The minimum absolute atomic E-state index is 0.0832. The van der Waals surface area contributed by atoms with E-state index in [4.69, 9.17) is 5.73 Å². The summed E-state index contributed by atoms with van der Waals surface area (Å²) in [4.78, 5) is 31.5. The van der Waals surface area contributed by atoms with Crippen LogP contribution in [-0.2, 0) is 4.79 Å². The van der Waals surface area contributed by atoms with Gasteiger partial charge in [0.05, 0.1) is 14.4 Å². The third-order valence-corrected chi connectivity index (χ3v) is 6.41. The minimum atomic E-state index is -0.564. The highest BCUT2D eigenvalue weighted by Gasteiger charge is 2.56. The van der Waals surface area contributed by atoms with Crippen molar-refractivity contribution in [1.82, 2.24) is 9.88 Å². The number of halogens is 2. The van der Waals surface area contributed by atoms with Crippen LogP contribution in [0.4, 0.5) is 4.39 Å². The number of benzene rings is 1. The number of hydrogen-bond acceptors (Lipinski definition) is 4. The molecule has 25 heavy (non-hydrogen) atoms. The smallest absolute Gasteiger partial charge is 0.274 e. The van der Waals surface area contributed by atoms with Crippen LogP contribution in [0.3, 0.4) is 0 Å². The average Bonchev–Trinajstić information content (AvgIpc) is 3.05. The number of aryl methyl sites for hydroxylation is 1. The first-order valence-corrected chi connectivity index (χ1v) is 9.52. The summed E-state index contributed by atoms with van der Waals surface area (Å²) < 4.78 is 13.9. The summed E-state index contributed by atoms with van der Waals surface area (Å²) in [6.45, 7) is 1.82. The fourth-order valence-corrected chi connectivity index (χ4v) is 4.82. The Kier molecular flexibility index (Phi) is 3.92. The monoisotopic (exact) mass is 423 g/mol. The highest BCUT2D eigenvalue weighted by Crippen LogP contribution is 2.49. The van der Waals surface area contributed by atoms with Crippen molar-refractivity contribution in [2.45, 2.75) is 31.8 Å². The molecule has 1 aromatic heterocycles. The second-order valence-electron chi connectivity index (χ2n) is 6.47. The number of thiazole rings is 1. The predicted octanol–water partition coefficient (Wildman–Crippen LogP) is 3.11. The van der Waals surface area contributed by atoms with Gasteiger partial charge < -0.3 is 10.6 Å². The molecule has 1 aliphatic heterocycles. The number of aromatic nitrogens is 1. The Morgan fingerprint density at radius 1 is 1.40 bits per heavy atom. The molecule has 2 aliphatic rings. The van der Waals surface area contributed by atoms with E-state index in [0.29, 0.717) is 32.9 Å². The van der Waals surface area contributed by atoms with Gasteiger partial charge in [-0.2, -0.15) is 0 Å². The Balaban J connectivity index is 1.74. The summed E-state index contributed by atoms with van der Waals surface area (Å²) in [5, 5.41) is 0.737. The van der Waals surface area contributed by atoms with E-state index in [9.17, 15) is 14.0 Å². The quantitative estimate of drug-likeness (QED) is 0.823.